The van der Waals surface area contributed by atoms with Crippen LogP contribution in [0.1, 0.15) is 31.7 Å². The summed E-state index contributed by atoms with van der Waals surface area (Å²) in [7, 11) is 0. The van der Waals surface area contributed by atoms with Gasteiger partial charge in [-0.3, -0.25) is 4.79 Å². The minimum Gasteiger partial charge on any atom is -0.299 e. The predicted octanol–water partition coefficient (Wildman–Crippen LogP) is 3.05. The summed E-state index contributed by atoms with van der Waals surface area (Å²) >= 11 is 0. The zero-order chi connectivity index (χ0) is 10.7. The van der Waals surface area contributed by atoms with E-state index in [0.29, 0.717) is 6.42 Å². The van der Waals surface area contributed by atoms with Crippen LogP contribution in [0.25, 0.3) is 0 Å². The van der Waals surface area contributed by atoms with Gasteiger partial charge in [-0.15, -0.1) is 0 Å². The van der Waals surface area contributed by atoms with Crippen LogP contribution in [-0.2, 0) is 4.79 Å². The number of hydrogen-bond acceptors (Lipinski definition) is 1. The number of carbonyl (C=O) groups is 1. The molecule has 14 heavy (non-hydrogen) atoms. The number of rotatable bonds is 3. The van der Waals surface area contributed by atoms with E-state index in [9.17, 15) is 13.6 Å². The molecule has 0 aliphatic carbocycles. The maximum atomic E-state index is 13.2. The summed E-state index contributed by atoms with van der Waals surface area (Å²) in [5, 5.41) is 0. The summed E-state index contributed by atoms with van der Waals surface area (Å²) in [4.78, 5) is 11.3. The first kappa shape index (κ1) is 10.8. The summed E-state index contributed by atoms with van der Waals surface area (Å²) < 4.78 is 26.0. The third kappa shape index (κ3) is 2.16. The fraction of sp³-hybridized carbons (Fsp3) is 0.364. The first-order chi connectivity index (χ1) is 6.56. The molecule has 0 aromatic heterocycles. The minimum atomic E-state index is -0.573. The number of hydrogen-bond donors (Lipinski definition) is 0. The van der Waals surface area contributed by atoms with Gasteiger partial charge in [-0.1, -0.05) is 13.8 Å². The Morgan fingerprint density at radius 3 is 2.64 bits per heavy atom. The highest BCUT2D eigenvalue weighted by Gasteiger charge is 2.17. The Kier molecular flexibility index (Phi) is 3.33. The van der Waals surface area contributed by atoms with E-state index in [2.05, 4.69) is 0 Å². The molecule has 0 radical (unpaired) electrons. The molecule has 0 aliphatic rings. The largest absolute Gasteiger partial charge is 0.299 e. The van der Waals surface area contributed by atoms with E-state index in [4.69, 9.17) is 0 Å². The molecule has 1 rings (SSSR count). The van der Waals surface area contributed by atoms with E-state index in [1.165, 1.54) is 0 Å². The average Bonchev–Trinajstić information content (AvgIpc) is 2.19. The molecule has 0 amide bonds. The van der Waals surface area contributed by atoms with Gasteiger partial charge in [-0.2, -0.15) is 0 Å². The Bertz CT molecular complexity index is 347. The highest BCUT2D eigenvalue weighted by molar-refractivity contribution is 5.85. The van der Waals surface area contributed by atoms with Crippen molar-refractivity contribution in [3.63, 3.8) is 0 Å². The van der Waals surface area contributed by atoms with Crippen LogP contribution in [-0.4, -0.2) is 5.78 Å². The molecule has 1 atom stereocenters. The van der Waals surface area contributed by atoms with E-state index in [0.717, 1.165) is 18.2 Å². The van der Waals surface area contributed by atoms with Gasteiger partial charge in [-0.05, 0) is 18.2 Å². The van der Waals surface area contributed by atoms with Gasteiger partial charge in [0.2, 0.25) is 0 Å². The van der Waals surface area contributed by atoms with Crippen LogP contribution >= 0.6 is 0 Å². The second kappa shape index (κ2) is 4.31. The van der Waals surface area contributed by atoms with E-state index >= 15 is 0 Å². The van der Waals surface area contributed by atoms with Crippen LogP contribution in [0.5, 0.6) is 0 Å². The first-order valence-corrected chi connectivity index (χ1v) is 4.54. The molecule has 3 heteroatoms. The zero-order valence-corrected chi connectivity index (χ0v) is 8.18. The van der Waals surface area contributed by atoms with Crippen LogP contribution < -0.4 is 0 Å². The highest BCUT2D eigenvalue weighted by Crippen LogP contribution is 2.21. The lowest BCUT2D eigenvalue weighted by Gasteiger charge is -2.10. The van der Waals surface area contributed by atoms with Gasteiger partial charge < -0.3 is 0 Å². The van der Waals surface area contributed by atoms with Crippen molar-refractivity contribution < 1.29 is 13.6 Å². The topological polar surface area (TPSA) is 17.1 Å². The molecule has 0 saturated carbocycles. The SMILES string of the molecule is CCC(=O)C(C)c1cc(F)ccc1F. The lowest BCUT2D eigenvalue weighted by atomic mass is 9.95. The second-order valence-electron chi connectivity index (χ2n) is 3.21. The average molecular weight is 198 g/mol. The van der Waals surface area contributed by atoms with Crippen molar-refractivity contribution in [3.05, 3.63) is 35.4 Å². The van der Waals surface area contributed by atoms with Gasteiger partial charge in [0.15, 0.2) is 0 Å². The molecule has 0 bridgehead atoms. The molecule has 0 N–H and O–H groups in total. The predicted molar refractivity (Wildman–Crippen MR) is 50.1 cm³/mol. The molecule has 0 fully saturated rings. The van der Waals surface area contributed by atoms with E-state index in [-0.39, 0.29) is 11.3 Å². The normalized spacial score (nSPS) is 12.6. The van der Waals surface area contributed by atoms with Gasteiger partial charge in [0.1, 0.15) is 17.4 Å². The Labute approximate surface area is 81.7 Å². The monoisotopic (exact) mass is 198 g/mol. The third-order valence-corrected chi connectivity index (χ3v) is 2.26. The molecule has 0 heterocycles. The Hall–Kier alpha value is -1.25. The molecular weight excluding hydrogens is 186 g/mol. The van der Waals surface area contributed by atoms with Crippen LogP contribution in [0.2, 0.25) is 0 Å². The molecule has 1 unspecified atom stereocenters. The molecule has 76 valence electrons. The van der Waals surface area contributed by atoms with Gasteiger partial charge in [0, 0.05) is 17.9 Å². The molecular formula is C11H12F2O. The smallest absolute Gasteiger partial charge is 0.139 e. The van der Waals surface area contributed by atoms with Gasteiger partial charge >= 0.3 is 0 Å². The van der Waals surface area contributed by atoms with Crippen LogP contribution in [0.3, 0.4) is 0 Å². The van der Waals surface area contributed by atoms with Gasteiger partial charge in [0.25, 0.3) is 0 Å². The van der Waals surface area contributed by atoms with E-state index < -0.39 is 17.6 Å². The van der Waals surface area contributed by atoms with Crippen molar-refractivity contribution in [2.45, 2.75) is 26.2 Å². The third-order valence-electron chi connectivity index (χ3n) is 2.26. The van der Waals surface area contributed by atoms with Crippen molar-refractivity contribution in [1.82, 2.24) is 0 Å². The van der Waals surface area contributed by atoms with Crippen molar-refractivity contribution in [2.75, 3.05) is 0 Å². The van der Waals surface area contributed by atoms with Crippen LogP contribution in [0, 0.1) is 11.6 Å². The second-order valence-corrected chi connectivity index (χ2v) is 3.21. The van der Waals surface area contributed by atoms with E-state index in [1.807, 2.05) is 0 Å². The molecule has 0 aliphatic heterocycles. The number of benzene rings is 1. The first-order valence-electron chi connectivity index (χ1n) is 4.54. The fourth-order valence-electron chi connectivity index (χ4n) is 1.33. The van der Waals surface area contributed by atoms with Crippen LogP contribution in [0.4, 0.5) is 8.78 Å². The summed E-state index contributed by atoms with van der Waals surface area (Å²) in [5.74, 6) is -1.71. The number of Topliss-reactive ketones (excluding diaryl/α,β-unsaturated/α-hetero) is 1. The molecule has 0 spiro atoms. The standard InChI is InChI=1S/C11H12F2O/c1-3-11(14)7(2)9-6-8(12)4-5-10(9)13/h4-7H,3H2,1-2H3. The minimum absolute atomic E-state index is 0.0884. The van der Waals surface area contributed by atoms with Crippen molar-refractivity contribution in [1.29, 1.82) is 0 Å². The van der Waals surface area contributed by atoms with E-state index in [1.54, 1.807) is 13.8 Å². The summed E-state index contributed by atoms with van der Waals surface area (Å²) in [6, 6.07) is 3.17. The maximum absolute atomic E-state index is 13.2. The Balaban J connectivity index is 3.05. The Morgan fingerprint density at radius 1 is 1.43 bits per heavy atom. The summed E-state index contributed by atoms with van der Waals surface area (Å²) in [6.45, 7) is 3.29. The summed E-state index contributed by atoms with van der Waals surface area (Å²) in [5.41, 5.74) is 0.136. The summed E-state index contributed by atoms with van der Waals surface area (Å²) in [6.07, 6.45) is 0.330. The van der Waals surface area contributed by atoms with Crippen molar-refractivity contribution in [2.24, 2.45) is 0 Å². The lowest BCUT2D eigenvalue weighted by molar-refractivity contribution is -0.119. The lowest BCUT2D eigenvalue weighted by Crippen LogP contribution is -2.09. The maximum Gasteiger partial charge on any atom is 0.139 e. The highest BCUT2D eigenvalue weighted by atomic mass is 19.1. The molecule has 1 aromatic rings. The molecule has 0 saturated heterocycles. The van der Waals surface area contributed by atoms with Crippen molar-refractivity contribution in [3.8, 4) is 0 Å². The fourth-order valence-corrected chi connectivity index (χ4v) is 1.33. The molecule has 1 nitrogen and oxygen atoms in total. The quantitative estimate of drug-likeness (QED) is 0.729. The number of halogens is 2. The van der Waals surface area contributed by atoms with Gasteiger partial charge in [0.05, 0.1) is 0 Å². The number of carbonyl (C=O) groups excluding carboxylic acids is 1. The molecule has 1 aromatic carbocycles. The Morgan fingerprint density at radius 2 is 2.07 bits per heavy atom. The van der Waals surface area contributed by atoms with Gasteiger partial charge in [-0.25, -0.2) is 8.78 Å². The zero-order valence-electron chi connectivity index (χ0n) is 8.18. The van der Waals surface area contributed by atoms with Crippen molar-refractivity contribution >= 4 is 5.78 Å². The van der Waals surface area contributed by atoms with Crippen LogP contribution in [0.15, 0.2) is 18.2 Å². The number of ketones is 1.